The molecule has 0 radical (unpaired) electrons. The first kappa shape index (κ1) is 51.1. The molecule has 0 bridgehead atoms. The first-order chi connectivity index (χ1) is 40.5. The molecule has 0 heterocycles. The van der Waals surface area contributed by atoms with E-state index in [4.69, 9.17) is 0 Å². The monoisotopic (exact) mass is 1050 g/mol. The predicted molar refractivity (Wildman–Crippen MR) is 336 cm³/mol. The minimum Gasteiger partial charge on any atom is -0.310 e. The molecule has 0 atom stereocenters. The van der Waals surface area contributed by atoms with Gasteiger partial charge in [-0.25, -0.2) is 0 Å². The number of anilines is 12. The van der Waals surface area contributed by atoms with Crippen LogP contribution >= 0.6 is 0 Å². The maximum Gasteiger partial charge on any atom is 0.0991 e. The summed E-state index contributed by atoms with van der Waals surface area (Å²) in [6, 6.07) is 113. The quantitative estimate of drug-likeness (QED) is 0.101. The van der Waals surface area contributed by atoms with Gasteiger partial charge in [0.15, 0.2) is 0 Å². The Balaban J connectivity index is 1.19. The van der Waals surface area contributed by atoms with Gasteiger partial charge in [-0.3, -0.25) is 0 Å². The topological polar surface area (TPSA) is 84.3 Å². The molecule has 0 unspecified atom stereocenters. The number of hydrogen-bond acceptors (Lipinski definition) is 7. The van der Waals surface area contributed by atoms with Crippen LogP contribution < -0.4 is 19.6 Å². The number of para-hydroxylation sites is 6. The molecule has 0 amide bonds. The van der Waals surface area contributed by atoms with E-state index in [9.17, 15) is 15.8 Å². The zero-order chi connectivity index (χ0) is 55.6. The molecular weight excluding hydrogens is 999 g/mol. The van der Waals surface area contributed by atoms with Gasteiger partial charge in [-0.05, 0) is 180 Å². The second kappa shape index (κ2) is 23.5. The minimum atomic E-state index is 0.550. The molecular formula is C75H51N7. The average molecular weight is 1050 g/mol. The molecule has 0 spiro atoms. The third-order valence-electron chi connectivity index (χ3n) is 14.5. The van der Waals surface area contributed by atoms with Crippen molar-refractivity contribution in [1.29, 1.82) is 15.8 Å². The molecule has 386 valence electrons. The highest BCUT2D eigenvalue weighted by atomic mass is 15.2. The summed E-state index contributed by atoms with van der Waals surface area (Å²) in [5, 5.41) is 30.5. The van der Waals surface area contributed by atoms with Crippen LogP contribution in [0.1, 0.15) is 16.7 Å². The zero-order valence-corrected chi connectivity index (χ0v) is 44.6. The van der Waals surface area contributed by atoms with Gasteiger partial charge in [0.1, 0.15) is 0 Å². The van der Waals surface area contributed by atoms with Crippen LogP contribution in [0.5, 0.6) is 0 Å². The molecule has 12 aromatic carbocycles. The second-order valence-electron chi connectivity index (χ2n) is 19.5. The Kier molecular flexibility index (Phi) is 14.6. The summed E-state index contributed by atoms with van der Waals surface area (Å²) in [6.45, 7) is 0. The largest absolute Gasteiger partial charge is 0.310 e. The van der Waals surface area contributed by atoms with Gasteiger partial charge in [0.2, 0.25) is 0 Å². The fourth-order valence-corrected chi connectivity index (χ4v) is 10.6. The van der Waals surface area contributed by atoms with Gasteiger partial charge >= 0.3 is 0 Å². The highest BCUT2D eigenvalue weighted by molar-refractivity contribution is 6.01. The summed E-state index contributed by atoms with van der Waals surface area (Å²) < 4.78 is 0. The predicted octanol–water partition coefficient (Wildman–Crippen LogP) is 20.2. The summed E-state index contributed by atoms with van der Waals surface area (Å²) in [7, 11) is 0. The van der Waals surface area contributed by atoms with Gasteiger partial charge in [-0.2, -0.15) is 15.8 Å². The van der Waals surface area contributed by atoms with Crippen molar-refractivity contribution in [1.82, 2.24) is 0 Å². The normalized spacial score (nSPS) is 10.6. The SMILES string of the molecule is N#Cc1ccc(-c2cc(N(c3ccccc3)c3ccccc3)ccc2N(c2ccc(N(c3ccccc3)c3ccccc3)cc2-c2ccc(C#N)cc2)c2ccc(N(c3ccccc3)c3ccccc3)cc2-c2ccc(C#N)cc2)cc1. The van der Waals surface area contributed by atoms with Crippen LogP contribution in [0.2, 0.25) is 0 Å². The van der Waals surface area contributed by atoms with E-state index in [0.717, 1.165) is 102 Å². The molecule has 0 aliphatic rings. The van der Waals surface area contributed by atoms with Crippen LogP contribution in [0.4, 0.5) is 68.2 Å². The molecule has 0 aliphatic heterocycles. The maximum atomic E-state index is 10.2. The van der Waals surface area contributed by atoms with Crippen molar-refractivity contribution in [2.45, 2.75) is 0 Å². The molecule has 0 fully saturated rings. The molecule has 0 N–H and O–H groups in total. The van der Waals surface area contributed by atoms with Crippen LogP contribution in [-0.2, 0) is 0 Å². The molecule has 12 rings (SSSR count). The van der Waals surface area contributed by atoms with Crippen molar-refractivity contribution in [3.05, 3.63) is 326 Å². The summed E-state index contributed by atoms with van der Waals surface area (Å²) in [6.07, 6.45) is 0. The minimum absolute atomic E-state index is 0.550. The van der Waals surface area contributed by atoms with Crippen molar-refractivity contribution in [3.8, 4) is 51.6 Å². The van der Waals surface area contributed by atoms with Crippen LogP contribution in [0.15, 0.2) is 309 Å². The smallest absolute Gasteiger partial charge is 0.0991 e. The molecule has 82 heavy (non-hydrogen) atoms. The third-order valence-corrected chi connectivity index (χ3v) is 14.5. The lowest BCUT2D eigenvalue weighted by Crippen LogP contribution is -2.17. The Morgan fingerprint density at radius 3 is 0.598 bits per heavy atom. The van der Waals surface area contributed by atoms with Crippen molar-refractivity contribution >= 4 is 68.2 Å². The summed E-state index contributed by atoms with van der Waals surface area (Å²) in [5.41, 5.74) is 18.3. The Hall–Kier alpha value is -11.7. The number of nitriles is 3. The molecule has 12 aromatic rings. The Morgan fingerprint density at radius 1 is 0.195 bits per heavy atom. The highest BCUT2D eigenvalue weighted by Gasteiger charge is 2.28. The van der Waals surface area contributed by atoms with Crippen LogP contribution in [0.25, 0.3) is 33.4 Å². The van der Waals surface area contributed by atoms with Crippen LogP contribution in [0.3, 0.4) is 0 Å². The van der Waals surface area contributed by atoms with Gasteiger partial charge in [-0.15, -0.1) is 0 Å². The number of nitrogens with zero attached hydrogens (tertiary/aromatic N) is 7. The van der Waals surface area contributed by atoms with Crippen molar-refractivity contribution in [2.75, 3.05) is 19.6 Å². The Morgan fingerprint density at radius 2 is 0.402 bits per heavy atom. The third kappa shape index (κ3) is 10.5. The number of rotatable bonds is 15. The standard InChI is InChI=1S/C75H51N7/c76-52-55-31-37-58(38-32-55)70-49-67(79(61-19-7-1-8-20-61)62-21-9-2-10-22-62)43-46-73(70)82(74-47-44-68(50-71(74)59-39-33-56(53-77)34-40-59)80(63-23-11-3-12-24-63)64-25-13-4-14-26-64)75-48-45-69(51-72(75)60-41-35-57(54-78)36-42-60)81(65-27-15-5-16-28-65)66-29-17-6-18-30-66/h1-51H. The lowest BCUT2D eigenvalue weighted by Gasteiger charge is -2.35. The van der Waals surface area contributed by atoms with E-state index < -0.39 is 0 Å². The molecule has 0 aromatic heterocycles. The van der Waals surface area contributed by atoms with Crippen molar-refractivity contribution in [2.24, 2.45) is 0 Å². The summed E-state index contributed by atoms with van der Waals surface area (Å²) in [4.78, 5) is 9.14. The number of benzene rings is 12. The molecule has 7 nitrogen and oxygen atoms in total. The fourth-order valence-electron chi connectivity index (χ4n) is 10.6. The van der Waals surface area contributed by atoms with Crippen molar-refractivity contribution < 1.29 is 0 Å². The Bertz CT molecular complexity index is 3710. The lowest BCUT2D eigenvalue weighted by molar-refractivity contribution is 1.24. The molecule has 0 saturated carbocycles. The van der Waals surface area contributed by atoms with E-state index in [2.05, 4.69) is 238 Å². The Labute approximate surface area is 478 Å². The van der Waals surface area contributed by atoms with Gasteiger partial charge in [-0.1, -0.05) is 146 Å². The van der Waals surface area contributed by atoms with E-state index >= 15 is 0 Å². The lowest BCUT2D eigenvalue weighted by atomic mass is 9.94. The first-order valence-electron chi connectivity index (χ1n) is 27.0. The van der Waals surface area contributed by atoms with Crippen LogP contribution in [0, 0.1) is 34.0 Å². The first-order valence-corrected chi connectivity index (χ1v) is 27.0. The molecule has 0 aliphatic carbocycles. The molecule has 0 saturated heterocycles. The van der Waals surface area contributed by atoms with Crippen LogP contribution in [-0.4, -0.2) is 0 Å². The zero-order valence-electron chi connectivity index (χ0n) is 44.6. The van der Waals surface area contributed by atoms with Gasteiger partial charge in [0, 0.05) is 67.9 Å². The number of hydrogen-bond donors (Lipinski definition) is 0. The van der Waals surface area contributed by atoms with E-state index in [-0.39, 0.29) is 0 Å². The fraction of sp³-hybridized carbons (Fsp3) is 0. The summed E-state index contributed by atoms with van der Waals surface area (Å²) >= 11 is 0. The van der Waals surface area contributed by atoms with E-state index in [1.165, 1.54) is 0 Å². The highest BCUT2D eigenvalue weighted by Crippen LogP contribution is 2.52. The average Bonchev–Trinajstić information content (AvgIpc) is 3.65. The van der Waals surface area contributed by atoms with Gasteiger partial charge < -0.3 is 19.6 Å². The van der Waals surface area contributed by atoms with Gasteiger partial charge in [0.05, 0.1) is 52.0 Å². The van der Waals surface area contributed by atoms with E-state index in [1.54, 1.807) is 0 Å². The summed E-state index contributed by atoms with van der Waals surface area (Å²) in [5.74, 6) is 0. The maximum absolute atomic E-state index is 10.2. The molecule has 7 heteroatoms. The van der Waals surface area contributed by atoms with Crippen molar-refractivity contribution in [3.63, 3.8) is 0 Å². The second-order valence-corrected chi connectivity index (χ2v) is 19.5. The van der Waals surface area contributed by atoms with Gasteiger partial charge in [0.25, 0.3) is 0 Å². The van der Waals surface area contributed by atoms with E-state index in [0.29, 0.717) is 16.7 Å². The van der Waals surface area contributed by atoms with E-state index in [1.807, 2.05) is 109 Å².